The average molecular weight is 289 g/mol. The van der Waals surface area contributed by atoms with Crippen molar-refractivity contribution < 1.29 is 17.9 Å². The summed E-state index contributed by atoms with van der Waals surface area (Å²) < 4.78 is 32.2. The largest absolute Gasteiger partial charge is 0.365 e. The maximum absolute atomic E-state index is 12.1. The van der Waals surface area contributed by atoms with Crippen LogP contribution in [0, 0.1) is 0 Å². The Balaban J connectivity index is 2.19. The minimum atomic E-state index is -3.47. The SMILES string of the molecule is C=CCN1C(=O)CO[C@@H]2CN(S(=O)(=O)N(C)C)C[C@H]21. The van der Waals surface area contributed by atoms with E-state index in [1.165, 1.54) is 22.7 Å². The average Bonchev–Trinajstić information content (AvgIpc) is 2.77. The van der Waals surface area contributed by atoms with Crippen LogP contribution in [-0.2, 0) is 19.7 Å². The van der Waals surface area contributed by atoms with Gasteiger partial charge in [-0.25, -0.2) is 0 Å². The predicted octanol–water partition coefficient (Wildman–Crippen LogP) is -1.11. The molecule has 0 spiro atoms. The highest BCUT2D eigenvalue weighted by atomic mass is 32.2. The molecule has 1 amide bonds. The summed E-state index contributed by atoms with van der Waals surface area (Å²) >= 11 is 0. The number of ether oxygens (including phenoxy) is 1. The standard InChI is InChI=1S/C11H19N3O4S/c1-4-5-14-9-6-13(19(16,17)12(2)3)7-10(9)18-8-11(14)15/h4,9-10H,1,5-8H2,2-3H3/t9-,10-/m1/s1. The molecule has 0 bridgehead atoms. The minimum absolute atomic E-state index is 0.00482. The van der Waals surface area contributed by atoms with Crippen molar-refractivity contribution in [1.29, 1.82) is 0 Å². The van der Waals surface area contributed by atoms with Crippen molar-refractivity contribution in [2.45, 2.75) is 12.1 Å². The van der Waals surface area contributed by atoms with Crippen LogP contribution in [0.1, 0.15) is 0 Å². The van der Waals surface area contributed by atoms with Crippen LogP contribution in [0.5, 0.6) is 0 Å². The fraction of sp³-hybridized carbons (Fsp3) is 0.727. The van der Waals surface area contributed by atoms with Gasteiger partial charge in [-0.05, 0) is 0 Å². The Labute approximate surface area is 113 Å². The number of morpholine rings is 1. The first-order valence-electron chi connectivity index (χ1n) is 6.07. The van der Waals surface area contributed by atoms with Crippen LogP contribution < -0.4 is 0 Å². The van der Waals surface area contributed by atoms with E-state index in [-0.39, 0.29) is 37.7 Å². The summed E-state index contributed by atoms with van der Waals surface area (Å²) in [6, 6.07) is -0.228. The molecule has 0 aliphatic carbocycles. The lowest BCUT2D eigenvalue weighted by molar-refractivity contribution is -0.151. The third kappa shape index (κ3) is 2.53. The number of carbonyl (C=O) groups excluding carboxylic acids is 1. The summed E-state index contributed by atoms with van der Waals surface area (Å²) in [5.41, 5.74) is 0. The van der Waals surface area contributed by atoms with E-state index in [1.54, 1.807) is 11.0 Å². The van der Waals surface area contributed by atoms with Crippen LogP contribution >= 0.6 is 0 Å². The van der Waals surface area contributed by atoms with E-state index < -0.39 is 10.2 Å². The Hall–Kier alpha value is -0.960. The third-order valence-electron chi connectivity index (χ3n) is 3.46. The van der Waals surface area contributed by atoms with Crippen LogP contribution in [0.3, 0.4) is 0 Å². The topological polar surface area (TPSA) is 70.2 Å². The lowest BCUT2D eigenvalue weighted by atomic mass is 10.1. The summed E-state index contributed by atoms with van der Waals surface area (Å²) in [5.74, 6) is -0.120. The Morgan fingerprint density at radius 3 is 2.74 bits per heavy atom. The number of amides is 1. The number of carbonyl (C=O) groups is 1. The highest BCUT2D eigenvalue weighted by Gasteiger charge is 2.46. The number of hydrogen-bond donors (Lipinski definition) is 0. The molecule has 2 saturated heterocycles. The van der Waals surface area contributed by atoms with Gasteiger partial charge in [0.2, 0.25) is 5.91 Å². The van der Waals surface area contributed by atoms with Crippen LogP contribution in [0.2, 0.25) is 0 Å². The van der Waals surface area contributed by atoms with Crippen molar-refractivity contribution in [3.63, 3.8) is 0 Å². The van der Waals surface area contributed by atoms with Gasteiger partial charge in [-0.2, -0.15) is 17.0 Å². The van der Waals surface area contributed by atoms with Crippen molar-refractivity contribution >= 4 is 16.1 Å². The van der Waals surface area contributed by atoms with E-state index >= 15 is 0 Å². The van der Waals surface area contributed by atoms with Crippen molar-refractivity contribution in [2.24, 2.45) is 0 Å². The summed E-state index contributed by atoms with van der Waals surface area (Å²) in [6.45, 7) is 4.60. The van der Waals surface area contributed by atoms with E-state index in [2.05, 4.69) is 6.58 Å². The minimum Gasteiger partial charge on any atom is -0.365 e. The molecule has 2 fully saturated rings. The molecular weight excluding hydrogens is 270 g/mol. The van der Waals surface area contributed by atoms with E-state index in [1.807, 2.05) is 0 Å². The van der Waals surface area contributed by atoms with Crippen LogP contribution in [-0.4, -0.2) is 80.3 Å². The molecule has 2 aliphatic rings. The molecule has 2 atom stereocenters. The Bertz CT molecular complexity index is 476. The molecule has 2 aliphatic heterocycles. The molecule has 0 aromatic carbocycles. The zero-order chi connectivity index (χ0) is 14.2. The summed E-state index contributed by atoms with van der Waals surface area (Å²) in [7, 11) is -0.486. The van der Waals surface area contributed by atoms with Crippen molar-refractivity contribution in [3.05, 3.63) is 12.7 Å². The van der Waals surface area contributed by atoms with Gasteiger partial charge in [0.25, 0.3) is 10.2 Å². The smallest absolute Gasteiger partial charge is 0.281 e. The van der Waals surface area contributed by atoms with E-state index in [9.17, 15) is 13.2 Å². The van der Waals surface area contributed by atoms with Crippen molar-refractivity contribution in [1.82, 2.24) is 13.5 Å². The Kier molecular flexibility index (Phi) is 3.95. The number of fused-ring (bicyclic) bond motifs is 1. The molecule has 0 aromatic rings. The summed E-state index contributed by atoms with van der Waals surface area (Å²) in [5, 5.41) is 0. The second-order valence-corrected chi connectivity index (χ2v) is 7.00. The summed E-state index contributed by atoms with van der Waals surface area (Å²) in [4.78, 5) is 13.4. The maximum atomic E-state index is 12.1. The maximum Gasteiger partial charge on any atom is 0.281 e. The quantitative estimate of drug-likeness (QED) is 0.615. The Morgan fingerprint density at radius 1 is 1.47 bits per heavy atom. The lowest BCUT2D eigenvalue weighted by Gasteiger charge is -2.35. The molecule has 0 unspecified atom stereocenters. The molecule has 0 radical (unpaired) electrons. The molecule has 0 N–H and O–H groups in total. The zero-order valence-corrected chi connectivity index (χ0v) is 12.0. The van der Waals surface area contributed by atoms with Gasteiger partial charge in [0.05, 0.1) is 12.1 Å². The second kappa shape index (κ2) is 5.20. The number of hydrogen-bond acceptors (Lipinski definition) is 4. The van der Waals surface area contributed by atoms with Gasteiger partial charge in [-0.3, -0.25) is 4.79 Å². The van der Waals surface area contributed by atoms with Crippen LogP contribution in [0.4, 0.5) is 0 Å². The third-order valence-corrected chi connectivity index (χ3v) is 5.33. The van der Waals surface area contributed by atoms with Crippen LogP contribution in [0.25, 0.3) is 0 Å². The summed E-state index contributed by atoms with van der Waals surface area (Å²) in [6.07, 6.45) is 1.39. The molecule has 8 heteroatoms. The molecule has 0 saturated carbocycles. The highest BCUT2D eigenvalue weighted by Crippen LogP contribution is 2.25. The highest BCUT2D eigenvalue weighted by molar-refractivity contribution is 7.86. The van der Waals surface area contributed by atoms with E-state index in [0.29, 0.717) is 6.54 Å². The van der Waals surface area contributed by atoms with Gasteiger partial charge in [-0.15, -0.1) is 6.58 Å². The predicted molar refractivity (Wildman–Crippen MR) is 69.6 cm³/mol. The van der Waals surface area contributed by atoms with Gasteiger partial charge in [0.1, 0.15) is 6.61 Å². The van der Waals surface area contributed by atoms with Gasteiger partial charge in [-0.1, -0.05) is 6.08 Å². The monoisotopic (exact) mass is 289 g/mol. The number of nitrogens with zero attached hydrogens (tertiary/aromatic N) is 3. The molecule has 19 heavy (non-hydrogen) atoms. The molecule has 108 valence electrons. The fourth-order valence-corrected chi connectivity index (χ4v) is 3.57. The van der Waals surface area contributed by atoms with Crippen molar-refractivity contribution in [2.75, 3.05) is 40.3 Å². The molecule has 2 heterocycles. The van der Waals surface area contributed by atoms with E-state index in [4.69, 9.17) is 4.74 Å². The van der Waals surface area contributed by atoms with E-state index in [0.717, 1.165) is 0 Å². The molecule has 7 nitrogen and oxygen atoms in total. The lowest BCUT2D eigenvalue weighted by Crippen LogP contribution is -2.54. The molecule has 2 rings (SSSR count). The molecule has 0 aromatic heterocycles. The van der Waals surface area contributed by atoms with Crippen molar-refractivity contribution in [3.8, 4) is 0 Å². The van der Waals surface area contributed by atoms with Gasteiger partial charge in [0.15, 0.2) is 0 Å². The first-order valence-corrected chi connectivity index (χ1v) is 7.47. The van der Waals surface area contributed by atoms with Gasteiger partial charge in [0, 0.05) is 33.7 Å². The van der Waals surface area contributed by atoms with Gasteiger partial charge >= 0.3 is 0 Å². The second-order valence-electron chi connectivity index (χ2n) is 4.86. The fourth-order valence-electron chi connectivity index (χ4n) is 2.43. The first kappa shape index (κ1) is 14.4. The normalized spacial score (nSPS) is 28.8. The Morgan fingerprint density at radius 2 is 2.16 bits per heavy atom. The van der Waals surface area contributed by atoms with Gasteiger partial charge < -0.3 is 9.64 Å². The van der Waals surface area contributed by atoms with Crippen LogP contribution in [0.15, 0.2) is 12.7 Å². The first-order chi connectivity index (χ1) is 8.87. The number of rotatable bonds is 4. The zero-order valence-electron chi connectivity index (χ0n) is 11.2. The molecular formula is C11H19N3O4S.